The van der Waals surface area contributed by atoms with E-state index in [0.717, 1.165) is 36.3 Å². The van der Waals surface area contributed by atoms with Crippen LogP contribution in [0.3, 0.4) is 0 Å². The Balaban J connectivity index is 1.83. The summed E-state index contributed by atoms with van der Waals surface area (Å²) >= 11 is 0. The second kappa shape index (κ2) is 5.54. The Morgan fingerprint density at radius 2 is 2.07 bits per heavy atom. The van der Waals surface area contributed by atoms with Crippen molar-refractivity contribution in [2.24, 2.45) is 5.92 Å². The number of hydrogen-bond acceptors (Lipinski definition) is 2. The van der Waals surface area contributed by atoms with Crippen LogP contribution in [0.2, 0.25) is 0 Å². The van der Waals surface area contributed by atoms with Gasteiger partial charge in [0.15, 0.2) is 0 Å². The molecule has 1 aliphatic carbocycles. The Kier molecular flexibility index (Phi) is 3.43. The number of aromatic nitrogens is 1. The number of hydrogen-bond donors (Lipinski definition) is 1. The number of nitrogens with one attached hydrogen (secondary N) is 1. The molecule has 3 heteroatoms. The molecule has 0 amide bonds. The van der Waals surface area contributed by atoms with Crippen molar-refractivity contribution < 1.29 is 9.47 Å². The van der Waals surface area contributed by atoms with Gasteiger partial charge in [0, 0.05) is 16.3 Å². The van der Waals surface area contributed by atoms with Crippen LogP contribution in [0.4, 0.5) is 0 Å². The average molecular weight is 361 g/mol. The molecule has 27 heavy (non-hydrogen) atoms. The van der Waals surface area contributed by atoms with E-state index in [1.807, 2.05) is 0 Å². The van der Waals surface area contributed by atoms with E-state index in [2.05, 4.69) is 56.6 Å². The lowest BCUT2D eigenvalue weighted by molar-refractivity contribution is 0.00798. The van der Waals surface area contributed by atoms with Gasteiger partial charge in [-0.2, -0.15) is 0 Å². The van der Waals surface area contributed by atoms with Crippen LogP contribution < -0.4 is 9.47 Å². The van der Waals surface area contributed by atoms with Gasteiger partial charge in [-0.05, 0) is 81.7 Å². The lowest BCUT2D eigenvalue weighted by Gasteiger charge is -2.48. The number of H-pyrrole nitrogens is 1. The minimum atomic E-state index is -0.0579. The highest BCUT2D eigenvalue weighted by Gasteiger charge is 2.46. The molecule has 1 aromatic heterocycles. The summed E-state index contributed by atoms with van der Waals surface area (Å²) in [5.41, 5.74) is 6.04. The zero-order valence-corrected chi connectivity index (χ0v) is 16.6. The first kappa shape index (κ1) is 16.7. The molecule has 2 bridgehead atoms. The predicted molar refractivity (Wildman–Crippen MR) is 111 cm³/mol. The molecular weight excluding hydrogens is 334 g/mol. The summed E-state index contributed by atoms with van der Waals surface area (Å²) < 4.78 is 12.2. The Labute approximate surface area is 160 Å². The molecule has 0 radical (unpaired) electrons. The van der Waals surface area contributed by atoms with Gasteiger partial charge in [0.05, 0.1) is 18.1 Å². The molecule has 2 aromatic carbocycles. The predicted octanol–water partition coefficient (Wildman–Crippen LogP) is 6.25. The van der Waals surface area contributed by atoms with Crippen LogP contribution in [0.5, 0.6) is 11.5 Å². The molecule has 3 atom stereocenters. The van der Waals surface area contributed by atoms with Gasteiger partial charge in [-0.25, -0.2) is 0 Å². The van der Waals surface area contributed by atoms with Gasteiger partial charge in [0.2, 0.25) is 0 Å². The maximum atomic E-state index is 6.52. The number of ether oxygens (including phenoxy) is 2. The van der Waals surface area contributed by atoms with E-state index in [0.29, 0.717) is 11.8 Å². The van der Waals surface area contributed by atoms with Gasteiger partial charge in [-0.3, -0.25) is 0 Å². The fourth-order valence-electron chi connectivity index (χ4n) is 5.42. The molecule has 1 saturated carbocycles. The van der Waals surface area contributed by atoms with Crippen molar-refractivity contribution in [3.8, 4) is 11.5 Å². The van der Waals surface area contributed by atoms with Crippen LogP contribution in [-0.4, -0.2) is 17.7 Å². The van der Waals surface area contributed by atoms with Gasteiger partial charge in [-0.1, -0.05) is 12.2 Å². The minimum absolute atomic E-state index is 0.0579. The summed E-state index contributed by atoms with van der Waals surface area (Å²) in [7, 11) is 1.74. The number of aromatic amines is 1. The number of allylic oxidation sites excluding steroid dienone is 1. The van der Waals surface area contributed by atoms with E-state index in [9.17, 15) is 0 Å². The summed E-state index contributed by atoms with van der Waals surface area (Å²) in [5, 5.41) is 2.48. The monoisotopic (exact) mass is 361 g/mol. The lowest BCUT2D eigenvalue weighted by atomic mass is 9.65. The summed E-state index contributed by atoms with van der Waals surface area (Å²) in [6.45, 7) is 10.9. The highest BCUT2D eigenvalue weighted by molar-refractivity contribution is 6.11. The van der Waals surface area contributed by atoms with E-state index in [1.54, 1.807) is 7.11 Å². The van der Waals surface area contributed by atoms with Crippen LogP contribution in [0.1, 0.15) is 50.2 Å². The number of methoxy groups -OCH3 is 1. The first-order valence-corrected chi connectivity index (χ1v) is 9.87. The Morgan fingerprint density at radius 1 is 1.26 bits per heavy atom. The molecule has 5 rings (SSSR count). The Bertz CT molecular complexity index is 1090. The molecule has 2 heterocycles. The minimum Gasteiger partial charge on any atom is -0.495 e. The Morgan fingerprint density at radius 3 is 2.81 bits per heavy atom. The summed E-state index contributed by atoms with van der Waals surface area (Å²) in [5.74, 6) is 2.90. The van der Waals surface area contributed by atoms with E-state index in [4.69, 9.17) is 9.47 Å². The smallest absolute Gasteiger partial charge is 0.143 e. The standard InChI is InChI=1S/C24H27NO2/c1-13(2)15-8-9-24(4)12-18(15)21-19(27-24)7-6-16-17-10-14(3)11-20(26-5)22(17)25-23(16)21/h6-7,10-11,15,18,25H,1,8-9,12H2,2-5H3. The largest absolute Gasteiger partial charge is 0.495 e. The van der Waals surface area contributed by atoms with Crippen molar-refractivity contribution in [3.63, 3.8) is 0 Å². The van der Waals surface area contributed by atoms with Gasteiger partial charge in [-0.15, -0.1) is 0 Å². The molecule has 2 aliphatic rings. The van der Waals surface area contributed by atoms with Crippen molar-refractivity contribution >= 4 is 21.8 Å². The van der Waals surface area contributed by atoms with E-state index < -0.39 is 0 Å². The highest BCUT2D eigenvalue weighted by atomic mass is 16.5. The van der Waals surface area contributed by atoms with E-state index >= 15 is 0 Å². The van der Waals surface area contributed by atoms with Crippen molar-refractivity contribution in [3.05, 3.63) is 47.5 Å². The van der Waals surface area contributed by atoms with Gasteiger partial charge in [0.25, 0.3) is 0 Å². The second-order valence-corrected chi connectivity index (χ2v) is 8.77. The number of rotatable bonds is 2. The third-order valence-electron chi connectivity index (χ3n) is 6.69. The quantitative estimate of drug-likeness (QED) is 0.548. The van der Waals surface area contributed by atoms with Gasteiger partial charge >= 0.3 is 0 Å². The summed E-state index contributed by atoms with van der Waals surface area (Å²) in [6, 6.07) is 8.71. The molecule has 1 aliphatic heterocycles. The lowest BCUT2D eigenvalue weighted by Crippen LogP contribution is -2.44. The molecular formula is C24H27NO2. The molecule has 3 nitrogen and oxygen atoms in total. The van der Waals surface area contributed by atoms with Gasteiger partial charge < -0.3 is 14.5 Å². The third kappa shape index (κ3) is 2.33. The van der Waals surface area contributed by atoms with Crippen molar-refractivity contribution in [2.45, 2.75) is 51.6 Å². The fraction of sp³-hybridized carbons (Fsp3) is 0.417. The molecule has 0 spiro atoms. The molecule has 3 aromatic rings. The van der Waals surface area contributed by atoms with Crippen LogP contribution in [-0.2, 0) is 0 Å². The maximum Gasteiger partial charge on any atom is 0.143 e. The SMILES string of the molecule is C=C(C)C1CCC2(C)CC1c1c(ccc3c1[nH]c1c(OC)cc(C)cc13)O2. The van der Waals surface area contributed by atoms with E-state index in [-0.39, 0.29) is 5.60 Å². The zero-order valence-electron chi connectivity index (χ0n) is 16.6. The fourth-order valence-corrected chi connectivity index (χ4v) is 5.42. The number of benzene rings is 2. The molecule has 1 N–H and O–H groups in total. The number of aryl methyl sites for hydroxylation is 1. The Hall–Kier alpha value is -2.42. The zero-order chi connectivity index (χ0) is 18.9. The normalized spacial score (nSPS) is 26.7. The summed E-state index contributed by atoms with van der Waals surface area (Å²) in [6.07, 6.45) is 3.30. The van der Waals surface area contributed by atoms with E-state index in [1.165, 1.54) is 33.0 Å². The first-order chi connectivity index (χ1) is 12.9. The highest BCUT2D eigenvalue weighted by Crippen LogP contribution is 2.55. The van der Waals surface area contributed by atoms with Crippen molar-refractivity contribution in [1.29, 1.82) is 0 Å². The van der Waals surface area contributed by atoms with Crippen LogP contribution in [0.25, 0.3) is 21.8 Å². The maximum absolute atomic E-state index is 6.52. The first-order valence-electron chi connectivity index (χ1n) is 9.87. The summed E-state index contributed by atoms with van der Waals surface area (Å²) in [4.78, 5) is 3.69. The van der Waals surface area contributed by atoms with Crippen molar-refractivity contribution in [1.82, 2.24) is 4.98 Å². The number of fused-ring (bicyclic) bond motifs is 8. The van der Waals surface area contributed by atoms with Crippen LogP contribution in [0.15, 0.2) is 36.4 Å². The van der Waals surface area contributed by atoms with Crippen LogP contribution >= 0.6 is 0 Å². The van der Waals surface area contributed by atoms with Gasteiger partial charge in [0.1, 0.15) is 17.1 Å². The molecule has 3 unspecified atom stereocenters. The second-order valence-electron chi connectivity index (χ2n) is 8.77. The molecule has 140 valence electrons. The van der Waals surface area contributed by atoms with Crippen molar-refractivity contribution in [2.75, 3.05) is 7.11 Å². The van der Waals surface area contributed by atoms with Crippen LogP contribution in [0, 0.1) is 12.8 Å². The topological polar surface area (TPSA) is 34.2 Å². The molecule has 0 saturated heterocycles. The third-order valence-corrected chi connectivity index (χ3v) is 6.69. The molecule has 1 fully saturated rings. The average Bonchev–Trinajstić information content (AvgIpc) is 2.98.